The van der Waals surface area contributed by atoms with Crippen molar-refractivity contribution in [1.82, 2.24) is 4.90 Å². The van der Waals surface area contributed by atoms with Crippen LogP contribution in [0.15, 0.2) is 0 Å². The second kappa shape index (κ2) is 6.06. The number of aliphatic carboxylic acids is 1. The van der Waals surface area contributed by atoms with E-state index in [0.29, 0.717) is 0 Å². The molecule has 0 aliphatic carbocycles. The molecule has 4 nitrogen and oxygen atoms in total. The van der Waals surface area contributed by atoms with Crippen LogP contribution in [-0.2, 0) is 9.59 Å². The van der Waals surface area contributed by atoms with Crippen molar-refractivity contribution in [1.29, 1.82) is 0 Å². The molecular weight excluding hydrogens is 251 g/mol. The van der Waals surface area contributed by atoms with Crippen molar-refractivity contribution in [2.45, 2.75) is 51.7 Å². The summed E-state index contributed by atoms with van der Waals surface area (Å²) in [6.07, 6.45) is -5.91. The van der Waals surface area contributed by atoms with Gasteiger partial charge in [0, 0.05) is 19.9 Å². The van der Waals surface area contributed by atoms with Crippen LogP contribution in [0.2, 0.25) is 0 Å². The van der Waals surface area contributed by atoms with Crippen molar-refractivity contribution in [2.75, 3.05) is 6.54 Å². The normalized spacial score (nSPS) is 15.0. The molecule has 0 aromatic carbocycles. The zero-order chi connectivity index (χ0) is 14.6. The molecule has 7 heteroatoms. The van der Waals surface area contributed by atoms with Gasteiger partial charge in [-0.1, -0.05) is 0 Å². The Morgan fingerprint density at radius 2 is 1.72 bits per heavy atom. The third-order valence-corrected chi connectivity index (χ3v) is 2.88. The molecule has 1 amide bonds. The average molecular weight is 269 g/mol. The number of halogens is 3. The minimum atomic E-state index is -4.31. The van der Waals surface area contributed by atoms with E-state index >= 15 is 0 Å². The molecule has 0 aliphatic rings. The summed E-state index contributed by atoms with van der Waals surface area (Å²) in [4.78, 5) is 23.6. The number of likely N-dealkylation sites (N-methyl/N-ethyl adjacent to an activating group) is 1. The van der Waals surface area contributed by atoms with Crippen LogP contribution in [0.1, 0.15) is 40.0 Å². The molecule has 1 atom stereocenters. The van der Waals surface area contributed by atoms with Crippen LogP contribution in [0.25, 0.3) is 0 Å². The largest absolute Gasteiger partial charge is 0.480 e. The van der Waals surface area contributed by atoms with Crippen molar-refractivity contribution in [3.8, 4) is 0 Å². The highest BCUT2D eigenvalue weighted by Crippen LogP contribution is 2.28. The molecule has 1 unspecified atom stereocenters. The van der Waals surface area contributed by atoms with Gasteiger partial charge < -0.3 is 10.0 Å². The lowest BCUT2D eigenvalue weighted by atomic mass is 9.92. The van der Waals surface area contributed by atoms with E-state index in [4.69, 9.17) is 5.11 Å². The molecule has 0 heterocycles. The predicted octanol–water partition coefficient (Wildman–Crippen LogP) is 2.43. The Balaban J connectivity index is 4.83. The first-order valence-electron chi connectivity index (χ1n) is 5.63. The average Bonchev–Trinajstić information content (AvgIpc) is 2.15. The van der Waals surface area contributed by atoms with Crippen molar-refractivity contribution >= 4 is 11.9 Å². The van der Waals surface area contributed by atoms with Crippen molar-refractivity contribution in [2.24, 2.45) is 0 Å². The van der Waals surface area contributed by atoms with E-state index in [2.05, 4.69) is 0 Å². The molecule has 0 aromatic heterocycles. The van der Waals surface area contributed by atoms with Gasteiger partial charge in [-0.2, -0.15) is 13.2 Å². The summed E-state index contributed by atoms with van der Waals surface area (Å²) in [5, 5.41) is 9.14. The van der Waals surface area contributed by atoms with E-state index < -0.39 is 30.0 Å². The second-order valence-corrected chi connectivity index (χ2v) is 4.31. The molecular formula is C11H18F3NO3. The monoisotopic (exact) mass is 269 g/mol. The summed E-state index contributed by atoms with van der Waals surface area (Å²) in [7, 11) is 0. The van der Waals surface area contributed by atoms with Gasteiger partial charge in [0.15, 0.2) is 0 Å². The summed E-state index contributed by atoms with van der Waals surface area (Å²) in [5.74, 6) is -1.75. The molecule has 0 saturated heterocycles. The number of alkyl halides is 3. The summed E-state index contributed by atoms with van der Waals surface area (Å²) in [6.45, 7) is 4.21. The number of hydrogen-bond donors (Lipinski definition) is 1. The highest BCUT2D eigenvalue weighted by Gasteiger charge is 2.41. The van der Waals surface area contributed by atoms with E-state index in [-0.39, 0.29) is 19.4 Å². The van der Waals surface area contributed by atoms with Gasteiger partial charge in [0.2, 0.25) is 5.91 Å². The fourth-order valence-corrected chi connectivity index (χ4v) is 1.91. The molecule has 106 valence electrons. The standard InChI is InChI=1S/C11H18F3NO3/c1-4-15(8(2)16)10(3,9(17)18)6-5-7-11(12,13)14/h4-7H2,1-3H3,(H,17,18). The van der Waals surface area contributed by atoms with Crippen LogP contribution >= 0.6 is 0 Å². The minimum Gasteiger partial charge on any atom is -0.480 e. The number of hydrogen-bond acceptors (Lipinski definition) is 2. The fraction of sp³-hybridized carbons (Fsp3) is 0.818. The van der Waals surface area contributed by atoms with E-state index in [0.717, 1.165) is 4.90 Å². The van der Waals surface area contributed by atoms with Crippen LogP contribution in [0.5, 0.6) is 0 Å². The highest BCUT2D eigenvalue weighted by atomic mass is 19.4. The summed E-state index contributed by atoms with van der Waals surface area (Å²) >= 11 is 0. The Bertz CT molecular complexity index is 317. The second-order valence-electron chi connectivity index (χ2n) is 4.31. The van der Waals surface area contributed by atoms with Gasteiger partial charge in [-0.05, 0) is 26.7 Å². The van der Waals surface area contributed by atoms with Crippen LogP contribution in [0.3, 0.4) is 0 Å². The maximum atomic E-state index is 12.0. The van der Waals surface area contributed by atoms with Gasteiger partial charge in [-0.3, -0.25) is 4.79 Å². The third kappa shape index (κ3) is 4.54. The SMILES string of the molecule is CCN(C(C)=O)C(C)(CCCC(F)(F)F)C(=O)O. The summed E-state index contributed by atoms with van der Waals surface area (Å²) < 4.78 is 36.1. The lowest BCUT2D eigenvalue weighted by Crippen LogP contribution is -2.54. The topological polar surface area (TPSA) is 57.6 Å². The first kappa shape index (κ1) is 16.7. The van der Waals surface area contributed by atoms with Gasteiger partial charge in [-0.25, -0.2) is 4.79 Å². The quantitative estimate of drug-likeness (QED) is 0.805. The van der Waals surface area contributed by atoms with Crippen LogP contribution in [0.4, 0.5) is 13.2 Å². The molecule has 0 spiro atoms. The summed E-state index contributed by atoms with van der Waals surface area (Å²) in [6, 6.07) is 0. The molecule has 18 heavy (non-hydrogen) atoms. The Hall–Kier alpha value is -1.27. The highest BCUT2D eigenvalue weighted by molar-refractivity contribution is 5.85. The lowest BCUT2D eigenvalue weighted by molar-refractivity contribution is -0.159. The molecule has 1 N–H and O–H groups in total. The van der Waals surface area contributed by atoms with Gasteiger partial charge >= 0.3 is 12.1 Å². The Morgan fingerprint density at radius 1 is 1.22 bits per heavy atom. The number of rotatable bonds is 6. The Kier molecular flexibility index (Phi) is 5.63. The number of amides is 1. The maximum Gasteiger partial charge on any atom is 0.389 e. The Labute approximate surface area is 104 Å². The zero-order valence-electron chi connectivity index (χ0n) is 10.7. The Morgan fingerprint density at radius 3 is 2.00 bits per heavy atom. The number of carbonyl (C=O) groups is 2. The molecule has 0 aliphatic heterocycles. The van der Waals surface area contributed by atoms with Crippen LogP contribution < -0.4 is 0 Å². The molecule has 0 rings (SSSR count). The summed E-state index contributed by atoms with van der Waals surface area (Å²) in [5.41, 5.74) is -1.59. The molecule has 0 bridgehead atoms. The third-order valence-electron chi connectivity index (χ3n) is 2.88. The van der Waals surface area contributed by atoms with Gasteiger partial charge in [0.25, 0.3) is 0 Å². The van der Waals surface area contributed by atoms with E-state index in [1.807, 2.05) is 0 Å². The van der Waals surface area contributed by atoms with Crippen molar-refractivity contribution in [3.05, 3.63) is 0 Å². The first-order valence-corrected chi connectivity index (χ1v) is 5.63. The van der Waals surface area contributed by atoms with E-state index in [1.165, 1.54) is 13.8 Å². The number of carbonyl (C=O) groups excluding carboxylic acids is 1. The fourth-order valence-electron chi connectivity index (χ4n) is 1.91. The molecule has 0 radical (unpaired) electrons. The van der Waals surface area contributed by atoms with E-state index in [1.54, 1.807) is 6.92 Å². The van der Waals surface area contributed by atoms with Crippen molar-refractivity contribution in [3.63, 3.8) is 0 Å². The van der Waals surface area contributed by atoms with Crippen molar-refractivity contribution < 1.29 is 27.9 Å². The minimum absolute atomic E-state index is 0.143. The van der Waals surface area contributed by atoms with Gasteiger partial charge in [-0.15, -0.1) is 0 Å². The molecule has 0 fully saturated rings. The maximum absolute atomic E-state index is 12.0. The van der Waals surface area contributed by atoms with E-state index in [9.17, 15) is 22.8 Å². The smallest absolute Gasteiger partial charge is 0.389 e. The predicted molar refractivity (Wildman–Crippen MR) is 59.0 cm³/mol. The van der Waals surface area contributed by atoms with Gasteiger partial charge in [0.05, 0.1) is 0 Å². The zero-order valence-corrected chi connectivity index (χ0v) is 10.7. The number of nitrogens with zero attached hydrogens (tertiary/aromatic N) is 1. The number of carboxylic acids is 1. The number of carboxylic acid groups (broad SMARTS) is 1. The first-order chi connectivity index (χ1) is 8.04. The van der Waals surface area contributed by atoms with Gasteiger partial charge in [0.1, 0.15) is 5.54 Å². The van der Waals surface area contributed by atoms with Crippen LogP contribution in [0, 0.1) is 0 Å². The molecule has 0 aromatic rings. The lowest BCUT2D eigenvalue weighted by Gasteiger charge is -2.36. The van der Waals surface area contributed by atoms with Crippen LogP contribution in [-0.4, -0.2) is 40.1 Å². The molecule has 0 saturated carbocycles.